The molecule has 0 aliphatic rings. The highest BCUT2D eigenvalue weighted by Gasteiger charge is 2.28. The molecule has 2 aromatic carbocycles. The van der Waals surface area contributed by atoms with Gasteiger partial charge < -0.3 is 15.7 Å². The zero-order valence-electron chi connectivity index (χ0n) is 17.8. The van der Waals surface area contributed by atoms with E-state index >= 15 is 0 Å². The molecule has 0 fully saturated rings. The molecule has 31 heavy (non-hydrogen) atoms. The maximum atomic E-state index is 13.5. The van der Waals surface area contributed by atoms with Gasteiger partial charge in [-0.3, -0.25) is 4.79 Å². The van der Waals surface area contributed by atoms with Gasteiger partial charge in [-0.2, -0.15) is 8.78 Å². The first-order chi connectivity index (χ1) is 14.5. The Balaban J connectivity index is 2.15. The topological polar surface area (TPSA) is 61.4 Å². The van der Waals surface area contributed by atoms with Gasteiger partial charge in [-0.1, -0.05) is 31.2 Å². The third-order valence-electron chi connectivity index (χ3n) is 5.18. The second-order valence-electron chi connectivity index (χ2n) is 8.02. The molecule has 170 valence electrons. The fourth-order valence-corrected chi connectivity index (χ4v) is 3.30. The van der Waals surface area contributed by atoms with Crippen molar-refractivity contribution in [3.05, 3.63) is 70.8 Å². The van der Waals surface area contributed by atoms with Crippen LogP contribution in [0.1, 0.15) is 37.5 Å². The molecular weight excluding hydrogens is 412 g/mol. The molecule has 0 heterocycles. The van der Waals surface area contributed by atoms with Crippen molar-refractivity contribution in [2.45, 2.75) is 57.7 Å². The molecule has 0 unspecified atom stereocenters. The summed E-state index contributed by atoms with van der Waals surface area (Å²) in [6.45, 7) is 5.80. The zero-order chi connectivity index (χ0) is 23.2. The number of rotatable bonds is 10. The predicted octanol–water partition coefficient (Wildman–Crippen LogP) is 3.71. The number of carbonyl (C=O) groups excluding carboxylic acids is 1. The van der Waals surface area contributed by atoms with Crippen LogP contribution in [0.2, 0.25) is 0 Å². The summed E-state index contributed by atoms with van der Waals surface area (Å²) >= 11 is 0. The van der Waals surface area contributed by atoms with Crippen LogP contribution in [-0.4, -0.2) is 36.1 Å². The SMILES string of the molecule is CCc1cccc(C(C)(C)NC[C@@H](O)[C@H](Cc2cc(F)cc(F)c2)NC(=O)C(F)F)c1. The maximum absolute atomic E-state index is 13.5. The zero-order valence-corrected chi connectivity index (χ0v) is 17.8. The summed E-state index contributed by atoms with van der Waals surface area (Å²) in [4.78, 5) is 11.5. The largest absolute Gasteiger partial charge is 0.390 e. The predicted molar refractivity (Wildman–Crippen MR) is 111 cm³/mol. The minimum Gasteiger partial charge on any atom is -0.390 e. The van der Waals surface area contributed by atoms with Gasteiger partial charge >= 0.3 is 6.43 Å². The Morgan fingerprint density at radius 3 is 2.29 bits per heavy atom. The third-order valence-corrected chi connectivity index (χ3v) is 5.18. The van der Waals surface area contributed by atoms with Crippen LogP contribution in [0.15, 0.2) is 42.5 Å². The van der Waals surface area contributed by atoms with Gasteiger partial charge in [-0.15, -0.1) is 0 Å². The number of hydrogen-bond acceptors (Lipinski definition) is 3. The number of hydrogen-bond donors (Lipinski definition) is 3. The van der Waals surface area contributed by atoms with Gasteiger partial charge in [0.05, 0.1) is 12.1 Å². The summed E-state index contributed by atoms with van der Waals surface area (Å²) in [6, 6.07) is 9.47. The lowest BCUT2D eigenvalue weighted by Crippen LogP contribution is -2.52. The number of halogens is 4. The molecule has 0 aromatic heterocycles. The summed E-state index contributed by atoms with van der Waals surface area (Å²) in [5, 5.41) is 15.9. The molecule has 0 radical (unpaired) electrons. The molecule has 8 heteroatoms. The molecule has 0 aliphatic carbocycles. The van der Waals surface area contributed by atoms with Gasteiger partial charge in [0.25, 0.3) is 5.91 Å². The van der Waals surface area contributed by atoms with Crippen molar-refractivity contribution >= 4 is 5.91 Å². The second kappa shape index (κ2) is 10.7. The molecule has 0 aliphatic heterocycles. The van der Waals surface area contributed by atoms with E-state index in [0.717, 1.165) is 29.7 Å². The number of amides is 1. The van der Waals surface area contributed by atoms with E-state index in [4.69, 9.17) is 0 Å². The lowest BCUT2D eigenvalue weighted by Gasteiger charge is -2.31. The lowest BCUT2D eigenvalue weighted by molar-refractivity contribution is -0.133. The Morgan fingerprint density at radius 2 is 1.71 bits per heavy atom. The average Bonchev–Trinajstić information content (AvgIpc) is 2.70. The van der Waals surface area contributed by atoms with Crippen LogP contribution >= 0.6 is 0 Å². The van der Waals surface area contributed by atoms with Crippen LogP contribution in [0.4, 0.5) is 17.6 Å². The summed E-state index contributed by atoms with van der Waals surface area (Å²) in [5.41, 5.74) is 1.68. The number of carbonyl (C=O) groups is 1. The summed E-state index contributed by atoms with van der Waals surface area (Å²) in [5.74, 6) is -3.23. The molecule has 4 nitrogen and oxygen atoms in total. The number of benzene rings is 2. The molecular formula is C23H28F4N2O2. The Hall–Kier alpha value is -2.45. The summed E-state index contributed by atoms with van der Waals surface area (Å²) < 4.78 is 52.5. The van der Waals surface area contributed by atoms with Gasteiger partial charge in [0.1, 0.15) is 11.6 Å². The molecule has 3 N–H and O–H groups in total. The highest BCUT2D eigenvalue weighted by atomic mass is 19.3. The molecule has 2 rings (SSSR count). The Labute approximate surface area is 179 Å². The van der Waals surface area contributed by atoms with Crippen LogP contribution in [0.25, 0.3) is 0 Å². The molecule has 0 spiro atoms. The van der Waals surface area contributed by atoms with Crippen molar-refractivity contribution in [1.29, 1.82) is 0 Å². The molecule has 1 amide bonds. The number of nitrogens with one attached hydrogen (secondary N) is 2. The number of aryl methyl sites for hydroxylation is 1. The lowest BCUT2D eigenvalue weighted by atomic mass is 9.91. The minimum absolute atomic E-state index is 0.0463. The molecule has 0 bridgehead atoms. The van der Waals surface area contributed by atoms with Gasteiger partial charge in [0.2, 0.25) is 0 Å². The minimum atomic E-state index is -3.28. The van der Waals surface area contributed by atoms with Crippen molar-refractivity contribution in [3.8, 4) is 0 Å². The van der Waals surface area contributed by atoms with Crippen molar-refractivity contribution < 1.29 is 27.5 Å². The van der Waals surface area contributed by atoms with Gasteiger partial charge in [-0.25, -0.2) is 8.78 Å². The summed E-state index contributed by atoms with van der Waals surface area (Å²) in [6.07, 6.45) is -3.93. The van der Waals surface area contributed by atoms with E-state index < -0.39 is 41.7 Å². The number of alkyl halides is 2. The first-order valence-corrected chi connectivity index (χ1v) is 10.1. The van der Waals surface area contributed by atoms with Crippen LogP contribution < -0.4 is 10.6 Å². The van der Waals surface area contributed by atoms with Crippen LogP contribution in [0.3, 0.4) is 0 Å². The van der Waals surface area contributed by atoms with Gasteiger partial charge in [0, 0.05) is 18.2 Å². The van der Waals surface area contributed by atoms with Crippen molar-refractivity contribution in [1.82, 2.24) is 10.6 Å². The van der Waals surface area contributed by atoms with E-state index in [0.29, 0.717) is 6.07 Å². The molecule has 2 aromatic rings. The summed E-state index contributed by atoms with van der Waals surface area (Å²) in [7, 11) is 0. The molecule has 2 atom stereocenters. The first-order valence-electron chi connectivity index (χ1n) is 10.1. The van der Waals surface area contributed by atoms with Crippen molar-refractivity contribution in [2.24, 2.45) is 0 Å². The first kappa shape index (κ1) is 24.8. The Morgan fingerprint density at radius 1 is 1.06 bits per heavy atom. The third kappa shape index (κ3) is 7.33. The Bertz CT molecular complexity index is 869. The van der Waals surface area contributed by atoms with E-state index in [1.54, 1.807) is 0 Å². The van der Waals surface area contributed by atoms with Crippen LogP contribution in [0.5, 0.6) is 0 Å². The van der Waals surface area contributed by atoms with Gasteiger partial charge in [0.15, 0.2) is 0 Å². The quantitative estimate of drug-likeness (QED) is 0.494. The van der Waals surface area contributed by atoms with E-state index in [9.17, 15) is 27.5 Å². The van der Waals surface area contributed by atoms with Crippen molar-refractivity contribution in [3.63, 3.8) is 0 Å². The van der Waals surface area contributed by atoms with E-state index in [1.165, 1.54) is 0 Å². The normalized spacial score (nSPS) is 13.8. The molecule has 0 saturated heterocycles. The monoisotopic (exact) mass is 440 g/mol. The van der Waals surface area contributed by atoms with Gasteiger partial charge in [-0.05, 0) is 55.5 Å². The average molecular weight is 440 g/mol. The Kier molecular flexibility index (Phi) is 8.59. The maximum Gasteiger partial charge on any atom is 0.315 e. The smallest absolute Gasteiger partial charge is 0.315 e. The standard InChI is InChI=1S/C23H28F4N2O2/c1-4-14-6-5-7-16(8-14)23(2,3)28-13-20(30)19(29-22(31)21(26)27)11-15-9-17(24)12-18(25)10-15/h5-10,12,19-21,28,30H,4,11,13H2,1-3H3,(H,29,31)/t19-,20+/m0/s1. The van der Waals surface area contributed by atoms with E-state index in [1.807, 2.05) is 45.0 Å². The number of aliphatic hydroxyl groups excluding tert-OH is 1. The number of aliphatic hydroxyl groups is 1. The highest BCUT2D eigenvalue weighted by molar-refractivity contribution is 5.79. The van der Waals surface area contributed by atoms with Crippen LogP contribution in [-0.2, 0) is 23.2 Å². The van der Waals surface area contributed by atoms with E-state index in [-0.39, 0.29) is 18.5 Å². The van der Waals surface area contributed by atoms with E-state index in [2.05, 4.69) is 10.6 Å². The molecule has 0 saturated carbocycles. The fourth-order valence-electron chi connectivity index (χ4n) is 3.30. The van der Waals surface area contributed by atoms with Crippen LogP contribution in [0, 0.1) is 11.6 Å². The highest BCUT2D eigenvalue weighted by Crippen LogP contribution is 2.22. The second-order valence-corrected chi connectivity index (χ2v) is 8.02. The fraction of sp³-hybridized carbons (Fsp3) is 0.435. The van der Waals surface area contributed by atoms with Crippen molar-refractivity contribution in [2.75, 3.05) is 6.54 Å².